The SMILES string of the molecule is CC(C)(C)c1nc2ccc(-c3cccc(N)c3)cc2[nH]1. The molecule has 0 radical (unpaired) electrons. The van der Waals surface area contributed by atoms with Crippen LogP contribution in [0.25, 0.3) is 22.2 Å². The third-order valence-corrected chi connectivity index (χ3v) is 3.41. The first-order chi connectivity index (χ1) is 9.43. The first-order valence-corrected chi connectivity index (χ1v) is 6.80. The van der Waals surface area contributed by atoms with Gasteiger partial charge in [0.05, 0.1) is 11.0 Å². The molecule has 0 atom stereocenters. The van der Waals surface area contributed by atoms with Gasteiger partial charge in [-0.2, -0.15) is 0 Å². The summed E-state index contributed by atoms with van der Waals surface area (Å²) in [5, 5.41) is 0. The molecule has 1 aromatic heterocycles. The minimum absolute atomic E-state index is 0.0242. The molecule has 0 aliphatic carbocycles. The summed E-state index contributed by atoms with van der Waals surface area (Å²) in [6, 6.07) is 14.2. The fraction of sp³-hybridized carbons (Fsp3) is 0.235. The monoisotopic (exact) mass is 265 g/mol. The Morgan fingerprint density at radius 1 is 1.00 bits per heavy atom. The van der Waals surface area contributed by atoms with E-state index in [1.165, 1.54) is 0 Å². The molecule has 2 aromatic carbocycles. The first kappa shape index (κ1) is 12.7. The van der Waals surface area contributed by atoms with E-state index >= 15 is 0 Å². The van der Waals surface area contributed by atoms with Crippen LogP contribution in [0.2, 0.25) is 0 Å². The molecule has 102 valence electrons. The molecule has 3 N–H and O–H groups in total. The largest absolute Gasteiger partial charge is 0.399 e. The van der Waals surface area contributed by atoms with Crippen LogP contribution >= 0.6 is 0 Å². The minimum atomic E-state index is 0.0242. The minimum Gasteiger partial charge on any atom is -0.399 e. The lowest BCUT2D eigenvalue weighted by molar-refractivity contribution is 0.554. The van der Waals surface area contributed by atoms with Crippen molar-refractivity contribution in [3.8, 4) is 11.1 Å². The van der Waals surface area contributed by atoms with Crippen molar-refractivity contribution in [2.24, 2.45) is 0 Å². The van der Waals surface area contributed by atoms with Gasteiger partial charge in [0.2, 0.25) is 0 Å². The summed E-state index contributed by atoms with van der Waals surface area (Å²) in [7, 11) is 0. The van der Waals surface area contributed by atoms with E-state index in [0.717, 1.165) is 33.7 Å². The first-order valence-electron chi connectivity index (χ1n) is 6.80. The predicted molar refractivity (Wildman–Crippen MR) is 84.6 cm³/mol. The van der Waals surface area contributed by atoms with Crippen LogP contribution in [0.3, 0.4) is 0 Å². The Kier molecular flexibility index (Phi) is 2.78. The maximum absolute atomic E-state index is 5.85. The van der Waals surface area contributed by atoms with Crippen molar-refractivity contribution in [2.75, 3.05) is 5.73 Å². The normalized spacial score (nSPS) is 11.9. The van der Waals surface area contributed by atoms with Crippen molar-refractivity contribution in [1.29, 1.82) is 0 Å². The average Bonchev–Trinajstić information content (AvgIpc) is 2.81. The number of nitrogens with two attached hydrogens (primary N) is 1. The number of benzene rings is 2. The fourth-order valence-corrected chi connectivity index (χ4v) is 2.26. The van der Waals surface area contributed by atoms with Gasteiger partial charge in [0.25, 0.3) is 0 Å². The van der Waals surface area contributed by atoms with Crippen molar-refractivity contribution in [3.63, 3.8) is 0 Å². The zero-order valence-electron chi connectivity index (χ0n) is 12.1. The number of nitrogens with one attached hydrogen (secondary N) is 1. The standard InChI is InChI=1S/C17H19N3/c1-17(2,3)16-19-14-8-7-12(10-15(14)20-16)11-5-4-6-13(18)9-11/h4-10H,18H2,1-3H3,(H,19,20). The number of imidazole rings is 1. The van der Waals surface area contributed by atoms with Crippen LogP contribution in [0, 0.1) is 0 Å². The molecule has 0 saturated heterocycles. The molecule has 1 heterocycles. The molecule has 3 heteroatoms. The van der Waals surface area contributed by atoms with Gasteiger partial charge in [0.1, 0.15) is 5.82 Å². The number of nitrogen functional groups attached to an aromatic ring is 1. The topological polar surface area (TPSA) is 54.7 Å². The highest BCUT2D eigenvalue weighted by atomic mass is 14.9. The molecule has 0 aliphatic rings. The molecule has 3 nitrogen and oxygen atoms in total. The van der Waals surface area contributed by atoms with Crippen LogP contribution in [0.15, 0.2) is 42.5 Å². The van der Waals surface area contributed by atoms with Crippen LogP contribution < -0.4 is 5.73 Å². The van der Waals surface area contributed by atoms with Gasteiger partial charge in [-0.25, -0.2) is 4.98 Å². The number of hydrogen-bond donors (Lipinski definition) is 2. The van der Waals surface area contributed by atoms with Gasteiger partial charge in [-0.1, -0.05) is 39.0 Å². The van der Waals surface area contributed by atoms with E-state index in [2.05, 4.69) is 55.0 Å². The van der Waals surface area contributed by atoms with E-state index in [1.54, 1.807) is 0 Å². The van der Waals surface area contributed by atoms with Gasteiger partial charge in [-0.3, -0.25) is 0 Å². The summed E-state index contributed by atoms with van der Waals surface area (Å²) in [5.74, 6) is 1.01. The molecule has 0 unspecified atom stereocenters. The van der Waals surface area contributed by atoms with Gasteiger partial charge in [-0.15, -0.1) is 0 Å². The van der Waals surface area contributed by atoms with E-state index in [9.17, 15) is 0 Å². The number of anilines is 1. The molecular formula is C17H19N3. The maximum atomic E-state index is 5.85. The number of rotatable bonds is 1. The summed E-state index contributed by atoms with van der Waals surface area (Å²) in [6.07, 6.45) is 0. The maximum Gasteiger partial charge on any atom is 0.112 e. The van der Waals surface area contributed by atoms with Gasteiger partial charge in [0, 0.05) is 11.1 Å². The molecule has 0 aliphatic heterocycles. The Morgan fingerprint density at radius 3 is 2.45 bits per heavy atom. The highest BCUT2D eigenvalue weighted by molar-refractivity contribution is 5.82. The van der Waals surface area contributed by atoms with Crippen LogP contribution in [-0.2, 0) is 5.41 Å². The number of aromatic nitrogens is 2. The molecule has 0 bridgehead atoms. The van der Waals surface area contributed by atoms with E-state index in [0.29, 0.717) is 0 Å². The van der Waals surface area contributed by atoms with Crippen molar-refractivity contribution < 1.29 is 0 Å². The van der Waals surface area contributed by atoms with Crippen molar-refractivity contribution >= 4 is 16.7 Å². The summed E-state index contributed by atoms with van der Waals surface area (Å²) in [6.45, 7) is 6.47. The second-order valence-electron chi connectivity index (χ2n) is 6.19. The lowest BCUT2D eigenvalue weighted by Gasteiger charge is -2.13. The van der Waals surface area contributed by atoms with Gasteiger partial charge >= 0.3 is 0 Å². The molecular weight excluding hydrogens is 246 g/mol. The van der Waals surface area contributed by atoms with Crippen molar-refractivity contribution in [1.82, 2.24) is 9.97 Å². The molecule has 0 fully saturated rings. The van der Waals surface area contributed by atoms with Crippen molar-refractivity contribution in [3.05, 3.63) is 48.3 Å². The predicted octanol–water partition coefficient (Wildman–Crippen LogP) is 4.11. The lowest BCUT2D eigenvalue weighted by atomic mass is 9.96. The zero-order valence-corrected chi connectivity index (χ0v) is 12.1. The third-order valence-electron chi connectivity index (χ3n) is 3.41. The lowest BCUT2D eigenvalue weighted by Crippen LogP contribution is -2.12. The Labute approximate surface area is 118 Å². The number of H-pyrrole nitrogens is 1. The van der Waals surface area contributed by atoms with Crippen LogP contribution in [-0.4, -0.2) is 9.97 Å². The number of nitrogens with zero attached hydrogens (tertiary/aromatic N) is 1. The summed E-state index contributed by atoms with van der Waals surface area (Å²) < 4.78 is 0. The second-order valence-corrected chi connectivity index (χ2v) is 6.19. The number of aromatic amines is 1. The van der Waals surface area contributed by atoms with E-state index in [-0.39, 0.29) is 5.41 Å². The Bertz CT molecular complexity index is 763. The number of fused-ring (bicyclic) bond motifs is 1. The summed E-state index contributed by atoms with van der Waals surface area (Å²) in [4.78, 5) is 8.07. The van der Waals surface area contributed by atoms with Gasteiger partial charge in [0.15, 0.2) is 0 Å². The molecule has 0 spiro atoms. The molecule has 3 rings (SSSR count). The highest BCUT2D eigenvalue weighted by Crippen LogP contribution is 2.27. The second kappa shape index (κ2) is 4.37. The zero-order chi connectivity index (χ0) is 14.3. The molecule has 0 saturated carbocycles. The number of hydrogen-bond acceptors (Lipinski definition) is 2. The molecule has 20 heavy (non-hydrogen) atoms. The highest BCUT2D eigenvalue weighted by Gasteiger charge is 2.18. The molecule has 0 amide bonds. The van der Waals surface area contributed by atoms with E-state index in [4.69, 9.17) is 5.73 Å². The van der Waals surface area contributed by atoms with Gasteiger partial charge in [-0.05, 0) is 35.4 Å². The van der Waals surface area contributed by atoms with Crippen molar-refractivity contribution in [2.45, 2.75) is 26.2 Å². The average molecular weight is 265 g/mol. The Hall–Kier alpha value is -2.29. The fourth-order valence-electron chi connectivity index (χ4n) is 2.26. The van der Waals surface area contributed by atoms with E-state index in [1.807, 2.05) is 18.2 Å². The van der Waals surface area contributed by atoms with Crippen LogP contribution in [0.1, 0.15) is 26.6 Å². The Balaban J connectivity index is 2.11. The van der Waals surface area contributed by atoms with E-state index < -0.39 is 0 Å². The van der Waals surface area contributed by atoms with Gasteiger partial charge < -0.3 is 10.7 Å². The smallest absolute Gasteiger partial charge is 0.112 e. The third kappa shape index (κ3) is 2.27. The quantitative estimate of drug-likeness (QED) is 0.650. The Morgan fingerprint density at radius 2 is 1.75 bits per heavy atom. The van der Waals surface area contributed by atoms with Crippen LogP contribution in [0.4, 0.5) is 5.69 Å². The molecule has 3 aromatic rings. The van der Waals surface area contributed by atoms with Crippen LogP contribution in [0.5, 0.6) is 0 Å². The summed E-state index contributed by atoms with van der Waals surface area (Å²) >= 11 is 0. The summed E-state index contributed by atoms with van der Waals surface area (Å²) in [5.41, 5.74) is 11.0.